The van der Waals surface area contributed by atoms with E-state index in [-0.39, 0.29) is 28.7 Å². The number of nitrogens with zero attached hydrogens (tertiary/aromatic N) is 2. The number of benzene rings is 1. The van der Waals surface area contributed by atoms with E-state index < -0.39 is 28.8 Å². The van der Waals surface area contributed by atoms with Crippen LogP contribution in [0.2, 0.25) is 0 Å². The predicted molar refractivity (Wildman–Crippen MR) is 110 cm³/mol. The molecule has 0 fully saturated rings. The van der Waals surface area contributed by atoms with E-state index in [1.54, 1.807) is 0 Å². The lowest BCUT2D eigenvalue weighted by molar-refractivity contribution is -0.116. The van der Waals surface area contributed by atoms with Gasteiger partial charge in [0.2, 0.25) is 5.91 Å². The van der Waals surface area contributed by atoms with E-state index in [4.69, 9.17) is 5.73 Å². The molecule has 0 atom stereocenters. The number of nitrogens with two attached hydrogens (primary N) is 1. The van der Waals surface area contributed by atoms with Crippen molar-refractivity contribution in [3.05, 3.63) is 50.7 Å². The molecule has 158 valence electrons. The van der Waals surface area contributed by atoms with E-state index in [2.05, 4.69) is 4.98 Å². The fourth-order valence-corrected chi connectivity index (χ4v) is 3.57. The van der Waals surface area contributed by atoms with Crippen molar-refractivity contribution in [2.24, 2.45) is 0 Å². The average molecular weight is 426 g/mol. The lowest BCUT2D eigenvalue weighted by Crippen LogP contribution is -2.42. The molecule has 1 amide bonds. The van der Waals surface area contributed by atoms with Gasteiger partial charge >= 0.3 is 5.69 Å². The number of thioether (sulfide) groups is 1. The topological polar surface area (TPSA) is 101 Å². The highest BCUT2D eigenvalue weighted by Gasteiger charge is 2.24. The average Bonchev–Trinajstić information content (AvgIpc) is 2.66. The summed E-state index contributed by atoms with van der Waals surface area (Å²) in [5, 5.41) is 0. The third-order valence-electron chi connectivity index (χ3n) is 4.21. The first-order chi connectivity index (χ1) is 13.8. The number of carbonyl (C=O) groups excluding carboxylic acids is 1. The summed E-state index contributed by atoms with van der Waals surface area (Å²) in [7, 11) is 0. The van der Waals surface area contributed by atoms with Crippen molar-refractivity contribution in [1.29, 1.82) is 0 Å². The van der Waals surface area contributed by atoms with E-state index in [9.17, 15) is 23.2 Å². The Morgan fingerprint density at radius 1 is 1.24 bits per heavy atom. The maximum Gasteiger partial charge on any atom is 0.330 e. The van der Waals surface area contributed by atoms with Gasteiger partial charge in [0.05, 0.1) is 5.75 Å². The molecule has 2 aromatic rings. The molecule has 7 nitrogen and oxygen atoms in total. The molecule has 2 rings (SSSR count). The normalized spacial score (nSPS) is 10.9. The second-order valence-electron chi connectivity index (χ2n) is 6.41. The van der Waals surface area contributed by atoms with Crippen molar-refractivity contribution in [2.45, 2.75) is 44.6 Å². The van der Waals surface area contributed by atoms with Crippen molar-refractivity contribution >= 4 is 29.2 Å². The Hall–Kier alpha value is -2.62. The smallest absolute Gasteiger partial charge is 0.330 e. The van der Waals surface area contributed by atoms with Gasteiger partial charge in [0.1, 0.15) is 17.5 Å². The quantitative estimate of drug-likeness (QED) is 0.601. The Kier molecular flexibility index (Phi) is 8.00. The number of unbranched alkanes of at least 4 members (excludes halogenated alkanes) is 1. The second kappa shape index (κ2) is 10.2. The standard InChI is InChI=1S/C19H24F2N4O3S/c1-3-5-9-25-17(22)16(18(27)23-19(25)28)24(8-4-2)15(26)11-29-14-7-6-12(20)10-13(14)21/h6-7,10H,3-5,8-9,11,22H2,1-2H3,(H,23,27,28). The molecule has 0 aliphatic heterocycles. The summed E-state index contributed by atoms with van der Waals surface area (Å²) in [6.07, 6.45) is 2.03. The van der Waals surface area contributed by atoms with Crippen molar-refractivity contribution in [3.8, 4) is 0 Å². The number of nitrogens with one attached hydrogen (secondary N) is 1. The van der Waals surface area contributed by atoms with Gasteiger partial charge in [0.15, 0.2) is 5.69 Å². The number of carbonyl (C=O) groups is 1. The fraction of sp³-hybridized carbons (Fsp3) is 0.421. The third-order valence-corrected chi connectivity index (χ3v) is 5.25. The van der Waals surface area contributed by atoms with Crippen molar-refractivity contribution in [3.63, 3.8) is 0 Å². The minimum absolute atomic E-state index is 0.0769. The minimum atomic E-state index is -0.768. The summed E-state index contributed by atoms with van der Waals surface area (Å²) in [6.45, 7) is 4.29. The van der Waals surface area contributed by atoms with Gasteiger partial charge in [-0.1, -0.05) is 20.3 Å². The molecule has 0 spiro atoms. The van der Waals surface area contributed by atoms with Gasteiger partial charge in [0.25, 0.3) is 5.56 Å². The highest BCUT2D eigenvalue weighted by atomic mass is 32.2. The molecule has 1 heterocycles. The van der Waals surface area contributed by atoms with Crippen LogP contribution in [0.25, 0.3) is 0 Å². The van der Waals surface area contributed by atoms with Crippen LogP contribution in [0, 0.1) is 11.6 Å². The molecule has 0 aliphatic carbocycles. The summed E-state index contributed by atoms with van der Waals surface area (Å²) in [4.78, 5) is 40.9. The molecule has 10 heteroatoms. The number of hydrogen-bond acceptors (Lipinski definition) is 5. The van der Waals surface area contributed by atoms with Crippen LogP contribution in [-0.4, -0.2) is 27.8 Å². The first kappa shape index (κ1) is 22.7. The van der Waals surface area contributed by atoms with Crippen molar-refractivity contribution in [1.82, 2.24) is 9.55 Å². The second-order valence-corrected chi connectivity index (χ2v) is 7.42. The van der Waals surface area contributed by atoms with Crippen LogP contribution in [0.15, 0.2) is 32.7 Å². The molecule has 0 saturated carbocycles. The summed E-state index contributed by atoms with van der Waals surface area (Å²) < 4.78 is 28.1. The molecule has 1 aromatic carbocycles. The van der Waals surface area contributed by atoms with E-state index in [0.29, 0.717) is 19.4 Å². The molecular weight excluding hydrogens is 402 g/mol. The number of aromatic nitrogens is 2. The molecule has 1 aromatic heterocycles. The number of amides is 1. The van der Waals surface area contributed by atoms with Gasteiger partial charge in [-0.25, -0.2) is 13.6 Å². The Morgan fingerprint density at radius 3 is 2.59 bits per heavy atom. The zero-order valence-electron chi connectivity index (χ0n) is 16.3. The highest BCUT2D eigenvalue weighted by molar-refractivity contribution is 8.00. The van der Waals surface area contributed by atoms with E-state index in [1.807, 2.05) is 13.8 Å². The van der Waals surface area contributed by atoms with Gasteiger partial charge < -0.3 is 10.6 Å². The van der Waals surface area contributed by atoms with Crippen LogP contribution in [-0.2, 0) is 11.3 Å². The Balaban J connectivity index is 2.33. The van der Waals surface area contributed by atoms with Crippen LogP contribution in [0.5, 0.6) is 0 Å². The zero-order chi connectivity index (χ0) is 21.6. The molecule has 0 aliphatic rings. The summed E-state index contributed by atoms with van der Waals surface area (Å²) in [6, 6.07) is 3.09. The zero-order valence-corrected chi connectivity index (χ0v) is 17.2. The van der Waals surface area contributed by atoms with Crippen LogP contribution in [0.3, 0.4) is 0 Å². The number of hydrogen-bond donors (Lipinski definition) is 2. The van der Waals surface area contributed by atoms with Crippen LogP contribution >= 0.6 is 11.8 Å². The van der Waals surface area contributed by atoms with Gasteiger partial charge in [-0.05, 0) is 25.0 Å². The van der Waals surface area contributed by atoms with Gasteiger partial charge in [0, 0.05) is 24.1 Å². The third kappa shape index (κ3) is 5.47. The fourth-order valence-electron chi connectivity index (χ4n) is 2.77. The van der Waals surface area contributed by atoms with E-state index >= 15 is 0 Å². The van der Waals surface area contributed by atoms with Crippen LogP contribution in [0.4, 0.5) is 20.3 Å². The molecule has 29 heavy (non-hydrogen) atoms. The number of rotatable bonds is 9. The number of anilines is 2. The summed E-state index contributed by atoms with van der Waals surface area (Å²) in [5.41, 5.74) is 4.61. The van der Waals surface area contributed by atoms with Gasteiger partial charge in [-0.2, -0.15) is 0 Å². The van der Waals surface area contributed by atoms with E-state index in [0.717, 1.165) is 30.3 Å². The van der Waals surface area contributed by atoms with E-state index in [1.165, 1.54) is 15.5 Å². The number of halogens is 2. The molecular formula is C19H24F2N4O3S. The molecule has 0 bridgehead atoms. The summed E-state index contributed by atoms with van der Waals surface area (Å²) in [5.74, 6) is -2.21. The highest BCUT2D eigenvalue weighted by Crippen LogP contribution is 2.24. The molecule has 3 N–H and O–H groups in total. The Labute approximate surface area is 170 Å². The SMILES string of the molecule is CCCCn1c(N)c(N(CCC)C(=O)CSc2ccc(F)cc2F)c(=O)[nH]c1=O. The first-order valence-corrected chi connectivity index (χ1v) is 10.3. The van der Waals surface area contributed by atoms with Crippen molar-refractivity contribution in [2.75, 3.05) is 22.9 Å². The predicted octanol–water partition coefficient (Wildman–Crippen LogP) is 2.73. The Morgan fingerprint density at radius 2 is 1.97 bits per heavy atom. The first-order valence-electron chi connectivity index (χ1n) is 9.30. The molecule has 0 saturated heterocycles. The number of H-pyrrole nitrogens is 1. The molecule has 0 radical (unpaired) electrons. The summed E-state index contributed by atoms with van der Waals surface area (Å²) >= 11 is 0.891. The lowest BCUT2D eigenvalue weighted by atomic mass is 10.3. The maximum atomic E-state index is 13.8. The van der Waals surface area contributed by atoms with Gasteiger partial charge in [-0.3, -0.25) is 19.1 Å². The van der Waals surface area contributed by atoms with Crippen molar-refractivity contribution < 1.29 is 13.6 Å². The maximum absolute atomic E-state index is 13.8. The monoisotopic (exact) mass is 426 g/mol. The van der Waals surface area contributed by atoms with Crippen LogP contribution < -0.4 is 21.9 Å². The lowest BCUT2D eigenvalue weighted by Gasteiger charge is -2.24. The van der Waals surface area contributed by atoms with Crippen LogP contribution in [0.1, 0.15) is 33.1 Å². The minimum Gasteiger partial charge on any atom is -0.383 e. The number of aromatic amines is 1. The molecule has 0 unspecified atom stereocenters. The number of nitrogen functional groups attached to an aromatic ring is 1. The van der Waals surface area contributed by atoms with Gasteiger partial charge in [-0.15, -0.1) is 11.8 Å². The largest absolute Gasteiger partial charge is 0.383 e. The Bertz CT molecular complexity index is 990.